The highest BCUT2D eigenvalue weighted by molar-refractivity contribution is 5.60. The van der Waals surface area contributed by atoms with Gasteiger partial charge in [0, 0.05) is 24.5 Å². The van der Waals surface area contributed by atoms with Gasteiger partial charge in [-0.3, -0.25) is 9.97 Å². The van der Waals surface area contributed by atoms with Crippen LogP contribution in [0, 0.1) is 11.6 Å². The molecule has 0 aliphatic carbocycles. The number of halogens is 2. The highest BCUT2D eigenvalue weighted by Gasteiger charge is 2.19. The van der Waals surface area contributed by atoms with E-state index < -0.39 is 11.6 Å². The summed E-state index contributed by atoms with van der Waals surface area (Å²) in [6.07, 6.45) is 2.63. The van der Waals surface area contributed by atoms with Gasteiger partial charge in [0.05, 0.1) is 14.2 Å². The van der Waals surface area contributed by atoms with Gasteiger partial charge in [-0.05, 0) is 0 Å². The number of aromatic nitrogens is 2. The Morgan fingerprint density at radius 3 is 1.56 bits per heavy atom. The SMILES string of the molecule is COc1ccnc(-c2nccc(OC)c2F)c1F. The number of ether oxygens (including phenoxy) is 2. The average Bonchev–Trinajstić information content (AvgIpc) is 2.40. The number of rotatable bonds is 3. The summed E-state index contributed by atoms with van der Waals surface area (Å²) in [5, 5.41) is 0. The standard InChI is InChI=1S/C12H10F2N2O2/c1-17-7-3-5-15-11(9(7)13)12-10(14)8(18-2)4-6-16-12/h3-6H,1-2H3. The van der Waals surface area contributed by atoms with Crippen molar-refractivity contribution in [1.29, 1.82) is 0 Å². The molecule has 0 bridgehead atoms. The quantitative estimate of drug-likeness (QED) is 0.841. The Morgan fingerprint density at radius 2 is 1.22 bits per heavy atom. The van der Waals surface area contributed by atoms with Gasteiger partial charge < -0.3 is 9.47 Å². The van der Waals surface area contributed by atoms with Gasteiger partial charge in [0.1, 0.15) is 11.4 Å². The molecule has 2 aromatic rings. The van der Waals surface area contributed by atoms with Crippen molar-refractivity contribution in [3.8, 4) is 22.9 Å². The first-order valence-corrected chi connectivity index (χ1v) is 5.06. The van der Waals surface area contributed by atoms with Crippen LogP contribution < -0.4 is 9.47 Å². The van der Waals surface area contributed by atoms with E-state index in [0.29, 0.717) is 0 Å². The van der Waals surface area contributed by atoms with E-state index in [-0.39, 0.29) is 22.9 Å². The summed E-state index contributed by atoms with van der Waals surface area (Å²) in [5.74, 6) is -1.58. The molecule has 0 saturated heterocycles. The molecule has 0 fully saturated rings. The van der Waals surface area contributed by atoms with E-state index in [1.54, 1.807) is 0 Å². The molecule has 2 heterocycles. The van der Waals surface area contributed by atoms with Crippen LogP contribution in [-0.2, 0) is 0 Å². The van der Waals surface area contributed by atoms with Crippen molar-refractivity contribution in [2.45, 2.75) is 0 Å². The second-order valence-electron chi connectivity index (χ2n) is 3.35. The first-order valence-electron chi connectivity index (χ1n) is 5.06. The molecule has 18 heavy (non-hydrogen) atoms. The van der Waals surface area contributed by atoms with E-state index in [2.05, 4.69) is 9.97 Å². The third-order valence-corrected chi connectivity index (χ3v) is 2.37. The predicted molar refractivity (Wildman–Crippen MR) is 60.5 cm³/mol. The molecule has 0 saturated carbocycles. The van der Waals surface area contributed by atoms with Crippen molar-refractivity contribution in [3.63, 3.8) is 0 Å². The lowest BCUT2D eigenvalue weighted by atomic mass is 10.2. The van der Waals surface area contributed by atoms with Crippen molar-refractivity contribution < 1.29 is 18.3 Å². The van der Waals surface area contributed by atoms with Crippen molar-refractivity contribution in [2.75, 3.05) is 14.2 Å². The Bertz CT molecular complexity index is 524. The van der Waals surface area contributed by atoms with Crippen LogP contribution in [0.5, 0.6) is 11.5 Å². The molecule has 0 spiro atoms. The molecule has 0 unspecified atom stereocenters. The zero-order valence-electron chi connectivity index (χ0n) is 9.78. The summed E-state index contributed by atoms with van der Waals surface area (Å²) in [7, 11) is 2.63. The Kier molecular flexibility index (Phi) is 3.36. The van der Waals surface area contributed by atoms with Crippen LogP contribution in [0.4, 0.5) is 8.78 Å². The van der Waals surface area contributed by atoms with Crippen molar-refractivity contribution in [2.24, 2.45) is 0 Å². The highest BCUT2D eigenvalue weighted by atomic mass is 19.1. The zero-order chi connectivity index (χ0) is 13.1. The third kappa shape index (κ3) is 1.97. The van der Waals surface area contributed by atoms with Gasteiger partial charge in [0.25, 0.3) is 0 Å². The number of hydrogen-bond acceptors (Lipinski definition) is 4. The van der Waals surface area contributed by atoms with Crippen LogP contribution in [0.15, 0.2) is 24.5 Å². The van der Waals surface area contributed by atoms with Gasteiger partial charge in [0.2, 0.25) is 0 Å². The van der Waals surface area contributed by atoms with Crippen LogP contribution in [-0.4, -0.2) is 24.2 Å². The molecule has 0 aliphatic heterocycles. The Labute approximate surface area is 102 Å². The molecule has 0 radical (unpaired) electrons. The molecule has 4 nitrogen and oxygen atoms in total. The van der Waals surface area contributed by atoms with Gasteiger partial charge in [-0.15, -0.1) is 0 Å². The average molecular weight is 252 g/mol. The van der Waals surface area contributed by atoms with Crippen LogP contribution >= 0.6 is 0 Å². The monoisotopic (exact) mass is 252 g/mol. The van der Waals surface area contributed by atoms with E-state index in [1.165, 1.54) is 38.7 Å². The number of hydrogen-bond donors (Lipinski definition) is 0. The van der Waals surface area contributed by atoms with E-state index in [0.717, 1.165) is 0 Å². The molecule has 2 rings (SSSR count). The first-order chi connectivity index (χ1) is 8.69. The topological polar surface area (TPSA) is 44.2 Å². The van der Waals surface area contributed by atoms with E-state index in [1.807, 2.05) is 0 Å². The summed E-state index contributed by atoms with van der Waals surface area (Å²) in [6, 6.07) is 2.69. The molecule has 0 aliphatic rings. The lowest BCUT2D eigenvalue weighted by Gasteiger charge is -2.08. The summed E-state index contributed by atoms with van der Waals surface area (Å²) in [5.41, 5.74) is -0.434. The predicted octanol–water partition coefficient (Wildman–Crippen LogP) is 2.44. The minimum absolute atomic E-state index is 0.0241. The molecule has 2 aromatic heterocycles. The minimum Gasteiger partial charge on any atom is -0.494 e. The summed E-state index contributed by atoms with van der Waals surface area (Å²) in [4.78, 5) is 7.56. The molecule has 94 valence electrons. The second kappa shape index (κ2) is 4.95. The van der Waals surface area contributed by atoms with Crippen molar-refractivity contribution in [1.82, 2.24) is 9.97 Å². The van der Waals surface area contributed by atoms with Gasteiger partial charge >= 0.3 is 0 Å². The minimum atomic E-state index is -0.764. The molecule has 0 N–H and O–H groups in total. The fourth-order valence-electron chi connectivity index (χ4n) is 1.50. The fourth-order valence-corrected chi connectivity index (χ4v) is 1.50. The van der Waals surface area contributed by atoms with Gasteiger partial charge in [-0.25, -0.2) is 8.78 Å². The third-order valence-electron chi connectivity index (χ3n) is 2.37. The van der Waals surface area contributed by atoms with Crippen molar-refractivity contribution >= 4 is 0 Å². The second-order valence-corrected chi connectivity index (χ2v) is 3.35. The van der Waals surface area contributed by atoms with E-state index >= 15 is 0 Å². The number of methoxy groups -OCH3 is 2. The maximum Gasteiger partial charge on any atom is 0.192 e. The highest BCUT2D eigenvalue weighted by Crippen LogP contribution is 2.30. The Hall–Kier alpha value is -2.24. The van der Waals surface area contributed by atoms with Crippen molar-refractivity contribution in [3.05, 3.63) is 36.2 Å². The summed E-state index contributed by atoms with van der Waals surface area (Å²) < 4.78 is 37.5. The molecule has 6 heteroatoms. The van der Waals surface area contributed by atoms with Crippen LogP contribution in [0.25, 0.3) is 11.4 Å². The molecule has 0 atom stereocenters. The van der Waals surface area contributed by atoms with Crippen LogP contribution in [0.1, 0.15) is 0 Å². The molecular weight excluding hydrogens is 242 g/mol. The summed E-state index contributed by atoms with van der Waals surface area (Å²) in [6.45, 7) is 0. The van der Waals surface area contributed by atoms with E-state index in [4.69, 9.17) is 9.47 Å². The smallest absolute Gasteiger partial charge is 0.192 e. The number of nitrogens with zero attached hydrogens (tertiary/aromatic N) is 2. The maximum atomic E-state index is 13.9. The Morgan fingerprint density at radius 1 is 0.833 bits per heavy atom. The van der Waals surface area contributed by atoms with Gasteiger partial charge in [-0.2, -0.15) is 0 Å². The largest absolute Gasteiger partial charge is 0.494 e. The van der Waals surface area contributed by atoms with Crippen LogP contribution in [0.2, 0.25) is 0 Å². The van der Waals surface area contributed by atoms with Crippen LogP contribution in [0.3, 0.4) is 0 Å². The van der Waals surface area contributed by atoms with Gasteiger partial charge in [0.15, 0.2) is 23.1 Å². The van der Waals surface area contributed by atoms with E-state index in [9.17, 15) is 8.78 Å². The fraction of sp³-hybridized carbons (Fsp3) is 0.167. The summed E-state index contributed by atoms with van der Waals surface area (Å²) >= 11 is 0. The molecule has 0 amide bonds. The lowest BCUT2D eigenvalue weighted by Crippen LogP contribution is -1.99. The first kappa shape index (κ1) is 12.2. The molecular formula is C12H10F2N2O2. The maximum absolute atomic E-state index is 13.9. The normalized spacial score (nSPS) is 10.2. The molecule has 0 aromatic carbocycles. The Balaban J connectivity index is 2.62. The lowest BCUT2D eigenvalue weighted by molar-refractivity contribution is 0.382. The number of pyridine rings is 2. The van der Waals surface area contributed by atoms with Gasteiger partial charge in [-0.1, -0.05) is 0 Å². The zero-order valence-corrected chi connectivity index (χ0v) is 9.78.